The van der Waals surface area contributed by atoms with E-state index in [9.17, 15) is 17.6 Å². The number of primary amides is 1. The number of benzene rings is 1. The second kappa shape index (κ2) is 5.35. The van der Waals surface area contributed by atoms with Gasteiger partial charge in [-0.3, -0.25) is 4.79 Å². The number of halogens is 1. The largest absolute Gasteiger partial charge is 0.399 e. The Balaban J connectivity index is 2.47. The molecule has 1 heterocycles. The topological polar surface area (TPSA) is 116 Å². The van der Waals surface area contributed by atoms with Gasteiger partial charge in [0, 0.05) is 12.2 Å². The van der Waals surface area contributed by atoms with Gasteiger partial charge in [-0.1, -0.05) is 0 Å². The first kappa shape index (κ1) is 14.7. The van der Waals surface area contributed by atoms with E-state index < -0.39 is 32.7 Å². The summed E-state index contributed by atoms with van der Waals surface area (Å²) in [5.74, 6) is -1.79. The van der Waals surface area contributed by atoms with Crippen molar-refractivity contribution < 1.29 is 22.3 Å². The third-order valence-electron chi connectivity index (χ3n) is 2.95. The van der Waals surface area contributed by atoms with Gasteiger partial charge in [-0.25, -0.2) is 12.8 Å². The number of morpholine rings is 1. The molecule has 1 aromatic rings. The van der Waals surface area contributed by atoms with Gasteiger partial charge in [0.2, 0.25) is 15.9 Å². The highest BCUT2D eigenvalue weighted by atomic mass is 32.2. The number of nitrogens with two attached hydrogens (primary N) is 2. The van der Waals surface area contributed by atoms with Crippen LogP contribution in [0.1, 0.15) is 0 Å². The lowest BCUT2D eigenvalue weighted by atomic mass is 10.3. The van der Waals surface area contributed by atoms with Crippen LogP contribution in [0.4, 0.5) is 10.1 Å². The number of nitrogen functional groups attached to an aromatic ring is 1. The summed E-state index contributed by atoms with van der Waals surface area (Å²) in [7, 11) is -4.21. The van der Waals surface area contributed by atoms with Crippen LogP contribution in [0.2, 0.25) is 0 Å². The van der Waals surface area contributed by atoms with E-state index in [2.05, 4.69) is 0 Å². The molecular weight excluding hydrogens is 289 g/mol. The number of rotatable bonds is 3. The molecule has 1 atom stereocenters. The average molecular weight is 303 g/mol. The molecule has 9 heteroatoms. The number of carbonyl (C=O) groups is 1. The third kappa shape index (κ3) is 2.60. The van der Waals surface area contributed by atoms with Crippen LogP contribution >= 0.6 is 0 Å². The standard InChI is InChI=1S/C11H14FN3O4S/c12-8-2-1-7(13)5-10(8)20(17,18)15-3-4-19-6-9(15)11(14)16/h1-2,5,9H,3-4,6,13H2,(H2,14,16). The van der Waals surface area contributed by atoms with Crippen molar-refractivity contribution in [2.45, 2.75) is 10.9 Å². The Labute approximate surface area is 115 Å². The van der Waals surface area contributed by atoms with Gasteiger partial charge in [-0.2, -0.15) is 4.31 Å². The second-order valence-corrected chi connectivity index (χ2v) is 6.16. The number of nitrogens with zero attached hydrogens (tertiary/aromatic N) is 1. The minimum Gasteiger partial charge on any atom is -0.399 e. The maximum Gasteiger partial charge on any atom is 0.246 e. The van der Waals surface area contributed by atoms with Gasteiger partial charge in [-0.15, -0.1) is 0 Å². The van der Waals surface area contributed by atoms with E-state index in [-0.39, 0.29) is 25.4 Å². The molecular formula is C11H14FN3O4S. The minimum atomic E-state index is -4.21. The first-order valence-corrected chi connectivity index (χ1v) is 7.22. The fraction of sp³-hybridized carbons (Fsp3) is 0.364. The molecule has 2 rings (SSSR count). The number of amides is 1. The molecule has 0 bridgehead atoms. The fourth-order valence-corrected chi connectivity index (χ4v) is 3.61. The first-order valence-electron chi connectivity index (χ1n) is 5.78. The highest BCUT2D eigenvalue weighted by molar-refractivity contribution is 7.89. The minimum absolute atomic E-state index is 0.0792. The van der Waals surface area contributed by atoms with Crippen LogP contribution in [0.5, 0.6) is 0 Å². The second-order valence-electron chi connectivity index (χ2n) is 4.30. The number of carbonyl (C=O) groups excluding carboxylic acids is 1. The quantitative estimate of drug-likeness (QED) is 0.715. The van der Waals surface area contributed by atoms with E-state index in [1.807, 2.05) is 0 Å². The monoisotopic (exact) mass is 303 g/mol. The molecule has 1 fully saturated rings. The van der Waals surface area contributed by atoms with Crippen molar-refractivity contribution in [2.24, 2.45) is 5.73 Å². The Morgan fingerprint density at radius 2 is 2.15 bits per heavy atom. The zero-order valence-corrected chi connectivity index (χ0v) is 11.3. The predicted octanol–water partition coefficient (Wildman–Crippen LogP) is -0.717. The molecule has 7 nitrogen and oxygen atoms in total. The number of anilines is 1. The lowest BCUT2D eigenvalue weighted by Gasteiger charge is -2.32. The summed E-state index contributed by atoms with van der Waals surface area (Å²) < 4.78 is 44.5. The van der Waals surface area contributed by atoms with Gasteiger partial charge in [0.25, 0.3) is 0 Å². The molecule has 1 aliphatic heterocycles. The lowest BCUT2D eigenvalue weighted by Crippen LogP contribution is -2.54. The van der Waals surface area contributed by atoms with Crippen molar-refractivity contribution in [2.75, 3.05) is 25.5 Å². The molecule has 1 aromatic carbocycles. The van der Waals surface area contributed by atoms with Gasteiger partial charge in [0.15, 0.2) is 0 Å². The van der Waals surface area contributed by atoms with Crippen LogP contribution in [0.25, 0.3) is 0 Å². The summed E-state index contributed by atoms with van der Waals surface area (Å²) in [6.45, 7) is -0.129. The highest BCUT2D eigenvalue weighted by Gasteiger charge is 2.38. The number of sulfonamides is 1. The highest BCUT2D eigenvalue weighted by Crippen LogP contribution is 2.24. The molecule has 1 aliphatic rings. The molecule has 0 radical (unpaired) electrons. The lowest BCUT2D eigenvalue weighted by molar-refractivity contribution is -0.125. The summed E-state index contributed by atoms with van der Waals surface area (Å²) >= 11 is 0. The molecule has 0 aliphatic carbocycles. The Hall–Kier alpha value is -1.71. The summed E-state index contributed by atoms with van der Waals surface area (Å²) in [4.78, 5) is 10.7. The van der Waals surface area contributed by atoms with Crippen molar-refractivity contribution in [1.29, 1.82) is 0 Å². The summed E-state index contributed by atoms with van der Waals surface area (Å²) in [6, 6.07) is 2.06. The fourth-order valence-electron chi connectivity index (χ4n) is 1.94. The average Bonchev–Trinajstić information content (AvgIpc) is 2.41. The number of hydrogen-bond donors (Lipinski definition) is 2. The van der Waals surface area contributed by atoms with Gasteiger partial charge in [0.1, 0.15) is 16.8 Å². The summed E-state index contributed by atoms with van der Waals surface area (Å²) in [5, 5.41) is 0. The van der Waals surface area contributed by atoms with Crippen LogP contribution in [-0.2, 0) is 19.6 Å². The molecule has 0 spiro atoms. The van der Waals surface area contributed by atoms with E-state index in [1.165, 1.54) is 6.07 Å². The van der Waals surface area contributed by atoms with Crippen molar-refractivity contribution >= 4 is 21.6 Å². The molecule has 20 heavy (non-hydrogen) atoms. The van der Waals surface area contributed by atoms with Crippen LogP contribution in [0.3, 0.4) is 0 Å². The van der Waals surface area contributed by atoms with E-state index in [0.29, 0.717) is 0 Å². The number of ether oxygens (including phenoxy) is 1. The van der Waals surface area contributed by atoms with Crippen molar-refractivity contribution in [3.8, 4) is 0 Å². The molecule has 1 unspecified atom stereocenters. The van der Waals surface area contributed by atoms with Gasteiger partial charge in [0.05, 0.1) is 13.2 Å². The summed E-state index contributed by atoms with van der Waals surface area (Å²) in [5.41, 5.74) is 10.7. The molecule has 0 saturated carbocycles. The van der Waals surface area contributed by atoms with Gasteiger partial charge >= 0.3 is 0 Å². The predicted molar refractivity (Wildman–Crippen MR) is 68.5 cm³/mol. The Morgan fingerprint density at radius 3 is 2.80 bits per heavy atom. The Morgan fingerprint density at radius 1 is 1.45 bits per heavy atom. The van der Waals surface area contributed by atoms with Crippen LogP contribution < -0.4 is 11.5 Å². The van der Waals surface area contributed by atoms with E-state index >= 15 is 0 Å². The molecule has 4 N–H and O–H groups in total. The number of hydrogen-bond acceptors (Lipinski definition) is 5. The zero-order valence-electron chi connectivity index (χ0n) is 10.5. The molecule has 110 valence electrons. The third-order valence-corrected chi connectivity index (χ3v) is 4.87. The zero-order chi connectivity index (χ0) is 14.9. The van der Waals surface area contributed by atoms with Crippen LogP contribution in [-0.4, -0.2) is 44.4 Å². The summed E-state index contributed by atoms with van der Waals surface area (Å²) in [6.07, 6.45) is 0. The molecule has 0 aromatic heterocycles. The van der Waals surface area contributed by atoms with Crippen LogP contribution in [0, 0.1) is 5.82 Å². The Bertz CT molecular complexity index is 635. The normalized spacial score (nSPS) is 20.8. The first-order chi connectivity index (χ1) is 9.34. The molecule has 1 saturated heterocycles. The van der Waals surface area contributed by atoms with Crippen LogP contribution in [0.15, 0.2) is 23.1 Å². The van der Waals surface area contributed by atoms with E-state index in [0.717, 1.165) is 16.4 Å². The van der Waals surface area contributed by atoms with Gasteiger partial charge in [-0.05, 0) is 18.2 Å². The Kier molecular flexibility index (Phi) is 3.93. The van der Waals surface area contributed by atoms with Crippen molar-refractivity contribution in [3.05, 3.63) is 24.0 Å². The SMILES string of the molecule is NC(=O)C1COCCN1S(=O)(=O)c1cc(N)ccc1F. The van der Waals surface area contributed by atoms with Crippen molar-refractivity contribution in [3.63, 3.8) is 0 Å². The van der Waals surface area contributed by atoms with E-state index in [1.54, 1.807) is 0 Å². The van der Waals surface area contributed by atoms with Gasteiger partial charge < -0.3 is 16.2 Å². The van der Waals surface area contributed by atoms with E-state index in [4.69, 9.17) is 16.2 Å². The molecule has 1 amide bonds. The smallest absolute Gasteiger partial charge is 0.246 e. The van der Waals surface area contributed by atoms with Crippen molar-refractivity contribution in [1.82, 2.24) is 4.31 Å². The maximum atomic E-state index is 13.7. The maximum absolute atomic E-state index is 13.7.